The molecule has 4 aromatic rings. The summed E-state index contributed by atoms with van der Waals surface area (Å²) < 4.78 is 12.4. The molecule has 2 aromatic heterocycles. The van der Waals surface area contributed by atoms with Gasteiger partial charge in [0.15, 0.2) is 0 Å². The largest absolute Gasteiger partial charge is 0.497 e. The summed E-state index contributed by atoms with van der Waals surface area (Å²) in [6.07, 6.45) is 8.47. The van der Waals surface area contributed by atoms with Crippen LogP contribution >= 0.6 is 23.1 Å². The zero-order valence-electron chi connectivity index (χ0n) is 19.6. The molecular formula is C28H24N2O2S2. The van der Waals surface area contributed by atoms with Gasteiger partial charge in [0.1, 0.15) is 26.8 Å². The molecule has 2 unspecified atom stereocenters. The fraction of sp³-hybridized carbons (Fsp3) is 0.286. The average Bonchev–Trinajstić information content (AvgIpc) is 3.31. The van der Waals surface area contributed by atoms with Gasteiger partial charge in [-0.2, -0.15) is 0 Å². The van der Waals surface area contributed by atoms with Crippen molar-refractivity contribution in [3.05, 3.63) is 64.4 Å². The molecule has 0 saturated carbocycles. The van der Waals surface area contributed by atoms with Crippen molar-refractivity contribution in [2.24, 2.45) is 0 Å². The first kappa shape index (κ1) is 20.7. The number of fused-ring (bicyclic) bond motifs is 8. The molecule has 4 nitrogen and oxygen atoms in total. The third kappa shape index (κ3) is 2.88. The smallest absolute Gasteiger partial charge is 0.143 e. The molecule has 1 aliphatic heterocycles. The van der Waals surface area contributed by atoms with E-state index in [1.54, 1.807) is 25.6 Å². The van der Waals surface area contributed by atoms with Gasteiger partial charge in [-0.1, -0.05) is 30.0 Å². The summed E-state index contributed by atoms with van der Waals surface area (Å²) in [5, 5.41) is 2.24. The normalized spacial score (nSPS) is 24.5. The number of thiophene rings is 1. The summed E-state index contributed by atoms with van der Waals surface area (Å²) in [7, 11) is 3.50. The molecule has 2 aromatic carbocycles. The van der Waals surface area contributed by atoms with Gasteiger partial charge in [-0.25, -0.2) is 9.97 Å². The molecule has 2 atom stereocenters. The van der Waals surface area contributed by atoms with E-state index in [0.717, 1.165) is 39.7 Å². The van der Waals surface area contributed by atoms with Gasteiger partial charge in [-0.15, -0.1) is 11.3 Å². The Bertz CT molecular complexity index is 1600. The van der Waals surface area contributed by atoms with Crippen LogP contribution in [-0.2, 0) is 17.6 Å². The third-order valence-corrected chi connectivity index (χ3v) is 9.81. The summed E-state index contributed by atoms with van der Waals surface area (Å²) in [4.78, 5) is 11.4. The van der Waals surface area contributed by atoms with Crippen molar-refractivity contribution in [1.29, 1.82) is 0 Å². The van der Waals surface area contributed by atoms with E-state index in [1.165, 1.54) is 37.9 Å². The van der Waals surface area contributed by atoms with Crippen molar-refractivity contribution in [2.45, 2.75) is 42.1 Å². The molecule has 0 bridgehead atoms. The van der Waals surface area contributed by atoms with Crippen LogP contribution < -0.4 is 4.74 Å². The van der Waals surface area contributed by atoms with Gasteiger partial charge in [0.25, 0.3) is 0 Å². The maximum absolute atomic E-state index is 5.75. The number of hydrogen-bond acceptors (Lipinski definition) is 6. The number of ether oxygens (including phenoxy) is 2. The minimum absolute atomic E-state index is 0.0482. The lowest BCUT2D eigenvalue weighted by atomic mass is 9.82. The Morgan fingerprint density at radius 1 is 0.971 bits per heavy atom. The molecule has 170 valence electrons. The summed E-state index contributed by atoms with van der Waals surface area (Å²) >= 11 is 3.60. The fourth-order valence-corrected chi connectivity index (χ4v) is 7.81. The molecular weight excluding hydrogens is 460 g/mol. The molecule has 3 heterocycles. The molecule has 0 amide bonds. The minimum atomic E-state index is -0.260. The van der Waals surface area contributed by atoms with Crippen LogP contribution in [0.25, 0.3) is 38.2 Å². The Balaban J connectivity index is 1.39. The number of rotatable bonds is 2. The van der Waals surface area contributed by atoms with E-state index in [2.05, 4.69) is 62.4 Å². The van der Waals surface area contributed by atoms with Crippen LogP contribution in [0.3, 0.4) is 0 Å². The highest BCUT2D eigenvalue weighted by Crippen LogP contribution is 2.56. The lowest BCUT2D eigenvalue weighted by Gasteiger charge is -2.30. The Morgan fingerprint density at radius 3 is 2.68 bits per heavy atom. The van der Waals surface area contributed by atoms with Crippen LogP contribution in [0.1, 0.15) is 41.8 Å². The highest BCUT2D eigenvalue weighted by molar-refractivity contribution is 8.01. The number of methoxy groups -OCH3 is 2. The van der Waals surface area contributed by atoms with Gasteiger partial charge in [0, 0.05) is 23.6 Å². The van der Waals surface area contributed by atoms with Crippen molar-refractivity contribution in [2.75, 3.05) is 14.2 Å². The van der Waals surface area contributed by atoms with Gasteiger partial charge < -0.3 is 9.47 Å². The van der Waals surface area contributed by atoms with Crippen molar-refractivity contribution in [3.8, 4) is 5.75 Å². The van der Waals surface area contributed by atoms with Crippen molar-refractivity contribution in [3.63, 3.8) is 0 Å². The second-order valence-corrected chi connectivity index (χ2v) is 12.4. The number of aromatic nitrogens is 2. The first-order valence-electron chi connectivity index (χ1n) is 11.5. The molecule has 0 radical (unpaired) electrons. The van der Waals surface area contributed by atoms with Crippen LogP contribution in [0.5, 0.6) is 5.75 Å². The average molecular weight is 485 g/mol. The highest BCUT2D eigenvalue weighted by atomic mass is 32.2. The van der Waals surface area contributed by atoms with Crippen molar-refractivity contribution >= 4 is 61.3 Å². The van der Waals surface area contributed by atoms with Crippen LogP contribution in [0, 0.1) is 0 Å². The second kappa shape index (κ2) is 6.94. The first-order valence-corrected chi connectivity index (χ1v) is 13.1. The lowest BCUT2D eigenvalue weighted by Crippen LogP contribution is -2.29. The van der Waals surface area contributed by atoms with Crippen LogP contribution in [-0.4, -0.2) is 34.5 Å². The quantitative estimate of drug-likeness (QED) is 0.313. The van der Waals surface area contributed by atoms with E-state index in [9.17, 15) is 0 Å². The van der Waals surface area contributed by atoms with Gasteiger partial charge in [-0.05, 0) is 78.4 Å². The standard InChI is InChI=1S/C28H24N2O2S2/c1-27(32-4)8-7-15-12-22-20(10-18(15)13-27)23-25(33-22)30-24-21-11-17-9-19(31-3)6-5-16(17)14-28(21,2)34-26(24)29-23/h5-12H,13-14H2,1-4H3. The Hall–Kier alpha value is -2.67. The molecule has 0 N–H and O–H groups in total. The first-order chi connectivity index (χ1) is 16.4. The molecule has 2 aliphatic carbocycles. The van der Waals surface area contributed by atoms with Crippen LogP contribution in [0.2, 0.25) is 0 Å². The van der Waals surface area contributed by atoms with Gasteiger partial charge >= 0.3 is 0 Å². The zero-order chi connectivity index (χ0) is 23.2. The SMILES string of the molecule is COc1ccc2c(c1)C=C1c3nc4sc5cc6c(cc5c4nc3SC1(C)C2)CC(C)(OC)C=C6. The monoisotopic (exact) mass is 484 g/mol. The fourth-order valence-electron chi connectivity index (χ4n) is 5.45. The summed E-state index contributed by atoms with van der Waals surface area (Å²) in [6.45, 7) is 4.45. The molecule has 0 spiro atoms. The molecule has 3 aliphatic rings. The maximum Gasteiger partial charge on any atom is 0.143 e. The maximum atomic E-state index is 5.75. The van der Waals surface area contributed by atoms with E-state index >= 15 is 0 Å². The number of benzene rings is 2. The zero-order valence-corrected chi connectivity index (χ0v) is 21.2. The topological polar surface area (TPSA) is 44.2 Å². The Labute approximate surface area is 206 Å². The predicted octanol–water partition coefficient (Wildman–Crippen LogP) is 6.79. The lowest BCUT2D eigenvalue weighted by molar-refractivity contribution is 0.0488. The third-order valence-electron chi connectivity index (χ3n) is 7.49. The van der Waals surface area contributed by atoms with Crippen LogP contribution in [0.4, 0.5) is 0 Å². The number of nitrogens with zero attached hydrogens (tertiary/aromatic N) is 2. The van der Waals surface area contributed by atoms with Gasteiger partial charge in [-0.3, -0.25) is 0 Å². The molecule has 0 fully saturated rings. The van der Waals surface area contributed by atoms with E-state index in [4.69, 9.17) is 19.4 Å². The van der Waals surface area contributed by atoms with Gasteiger partial charge in [0.05, 0.1) is 17.5 Å². The summed E-state index contributed by atoms with van der Waals surface area (Å²) in [5.74, 6) is 0.888. The summed E-state index contributed by atoms with van der Waals surface area (Å²) in [6, 6.07) is 11.0. The van der Waals surface area contributed by atoms with E-state index in [-0.39, 0.29) is 10.3 Å². The van der Waals surface area contributed by atoms with Gasteiger partial charge in [0.2, 0.25) is 0 Å². The molecule has 6 heteroatoms. The van der Waals surface area contributed by atoms with E-state index < -0.39 is 0 Å². The van der Waals surface area contributed by atoms with E-state index in [0.29, 0.717) is 0 Å². The molecule has 34 heavy (non-hydrogen) atoms. The molecule has 0 saturated heterocycles. The number of thioether (sulfide) groups is 1. The van der Waals surface area contributed by atoms with Crippen LogP contribution in [0.15, 0.2) is 41.4 Å². The highest BCUT2D eigenvalue weighted by Gasteiger charge is 2.44. The Kier molecular flexibility index (Phi) is 4.22. The van der Waals surface area contributed by atoms with Crippen molar-refractivity contribution < 1.29 is 9.47 Å². The second-order valence-electron chi connectivity index (χ2n) is 9.84. The summed E-state index contributed by atoms with van der Waals surface area (Å²) in [5.41, 5.74) is 8.22. The minimum Gasteiger partial charge on any atom is -0.497 e. The number of hydrogen-bond donors (Lipinski definition) is 0. The predicted molar refractivity (Wildman–Crippen MR) is 142 cm³/mol. The molecule has 7 rings (SSSR count). The van der Waals surface area contributed by atoms with Crippen molar-refractivity contribution in [1.82, 2.24) is 9.97 Å². The Morgan fingerprint density at radius 2 is 1.85 bits per heavy atom. The van der Waals surface area contributed by atoms with E-state index in [1.807, 2.05) is 11.8 Å².